The molecule has 0 atom stereocenters. The maximum absolute atomic E-state index is 9.37. The normalized spacial score (nSPS) is 11.1. The Hall–Kier alpha value is -6.38. The molecule has 0 N–H and O–H groups in total. The summed E-state index contributed by atoms with van der Waals surface area (Å²) in [5, 5.41) is 11.5. The molecule has 5 heteroatoms. The number of aromatic nitrogens is 3. The molecule has 8 aromatic rings. The molecule has 0 unspecified atom stereocenters. The summed E-state index contributed by atoms with van der Waals surface area (Å²) in [7, 11) is 0. The number of hydrogen-bond acceptors (Lipinski definition) is 5. The number of nitrogens with zero attached hydrogens (tertiary/aromatic N) is 4. The predicted octanol–water partition coefficient (Wildman–Crippen LogP) is 9.98. The Bertz CT molecular complexity index is 2300. The Balaban J connectivity index is 1.30. The summed E-state index contributed by atoms with van der Waals surface area (Å²) in [6, 6.07) is 50.5. The van der Waals surface area contributed by atoms with Crippen LogP contribution in [0, 0.1) is 11.3 Å². The van der Waals surface area contributed by atoms with Crippen LogP contribution < -0.4 is 0 Å². The van der Waals surface area contributed by atoms with Crippen LogP contribution in [0.3, 0.4) is 0 Å². The summed E-state index contributed by atoms with van der Waals surface area (Å²) in [5.41, 5.74) is 9.24. The average molecular weight is 577 g/mol. The lowest BCUT2D eigenvalue weighted by atomic mass is 9.90. The van der Waals surface area contributed by atoms with E-state index >= 15 is 0 Å². The second-order valence-electron chi connectivity index (χ2n) is 10.8. The molecular weight excluding hydrogens is 552 g/mol. The molecule has 8 rings (SSSR count). The van der Waals surface area contributed by atoms with Gasteiger partial charge in [-0.25, -0.2) is 15.0 Å². The fourth-order valence-electron chi connectivity index (χ4n) is 5.81. The van der Waals surface area contributed by atoms with Crippen molar-refractivity contribution in [2.24, 2.45) is 0 Å². The number of benzene rings is 6. The van der Waals surface area contributed by atoms with E-state index in [0.717, 1.165) is 60.9 Å². The van der Waals surface area contributed by atoms with Crippen LogP contribution in [0.4, 0.5) is 0 Å². The molecule has 6 aromatic carbocycles. The first-order valence-corrected chi connectivity index (χ1v) is 14.7. The van der Waals surface area contributed by atoms with Gasteiger partial charge in [0.1, 0.15) is 11.2 Å². The minimum absolute atomic E-state index is 0.605. The van der Waals surface area contributed by atoms with E-state index < -0.39 is 0 Å². The van der Waals surface area contributed by atoms with Gasteiger partial charge in [0.2, 0.25) is 0 Å². The molecule has 45 heavy (non-hydrogen) atoms. The molecule has 0 aliphatic rings. The molecule has 5 nitrogen and oxygen atoms in total. The first kappa shape index (κ1) is 26.3. The van der Waals surface area contributed by atoms with Gasteiger partial charge in [-0.15, -0.1) is 0 Å². The van der Waals surface area contributed by atoms with E-state index in [4.69, 9.17) is 19.4 Å². The van der Waals surface area contributed by atoms with Crippen molar-refractivity contribution in [2.75, 3.05) is 0 Å². The van der Waals surface area contributed by atoms with E-state index in [1.807, 2.05) is 109 Å². The van der Waals surface area contributed by atoms with Crippen molar-refractivity contribution in [1.29, 1.82) is 5.26 Å². The van der Waals surface area contributed by atoms with Gasteiger partial charge in [0.15, 0.2) is 17.5 Å². The van der Waals surface area contributed by atoms with Gasteiger partial charge < -0.3 is 4.42 Å². The monoisotopic (exact) mass is 576 g/mol. The van der Waals surface area contributed by atoms with Crippen molar-refractivity contribution >= 4 is 21.9 Å². The van der Waals surface area contributed by atoms with Gasteiger partial charge in [0.25, 0.3) is 0 Å². The molecule has 2 heterocycles. The van der Waals surface area contributed by atoms with Gasteiger partial charge in [0.05, 0.1) is 11.6 Å². The molecule has 0 saturated heterocycles. The Morgan fingerprint density at radius 2 is 0.956 bits per heavy atom. The third-order valence-corrected chi connectivity index (χ3v) is 8.00. The lowest BCUT2D eigenvalue weighted by Gasteiger charge is -2.13. The van der Waals surface area contributed by atoms with Crippen molar-refractivity contribution in [2.45, 2.75) is 0 Å². The summed E-state index contributed by atoms with van der Waals surface area (Å²) in [4.78, 5) is 14.6. The highest BCUT2D eigenvalue weighted by molar-refractivity contribution is 6.15. The van der Waals surface area contributed by atoms with Gasteiger partial charge in [-0.3, -0.25) is 0 Å². The lowest BCUT2D eigenvalue weighted by Crippen LogP contribution is -2.00. The third kappa shape index (κ3) is 4.81. The lowest BCUT2D eigenvalue weighted by molar-refractivity contribution is 0.669. The van der Waals surface area contributed by atoms with Crippen LogP contribution in [0.1, 0.15) is 5.56 Å². The summed E-state index contributed by atoms with van der Waals surface area (Å²) in [6.45, 7) is 0. The molecule has 0 bridgehead atoms. The zero-order chi connectivity index (χ0) is 30.2. The largest absolute Gasteiger partial charge is 0.456 e. The Morgan fingerprint density at radius 1 is 0.444 bits per heavy atom. The molecule has 0 radical (unpaired) electrons. The zero-order valence-corrected chi connectivity index (χ0v) is 24.1. The SMILES string of the molecule is N#Cc1ccc(-c2ccc3oc4ccccc4c3c2-c2ccc(-c3nc(-c4ccccc4)nc(-c4ccccc4)n3)cc2)cc1. The highest BCUT2D eigenvalue weighted by atomic mass is 16.3. The van der Waals surface area contributed by atoms with Gasteiger partial charge in [-0.1, -0.05) is 121 Å². The topological polar surface area (TPSA) is 75.6 Å². The molecular formula is C40H24N4O. The van der Waals surface area contributed by atoms with Gasteiger partial charge in [0, 0.05) is 33.0 Å². The smallest absolute Gasteiger partial charge is 0.164 e. The second kappa shape index (κ2) is 11.0. The van der Waals surface area contributed by atoms with E-state index in [-0.39, 0.29) is 0 Å². The minimum atomic E-state index is 0.605. The molecule has 2 aromatic heterocycles. The predicted molar refractivity (Wildman–Crippen MR) is 179 cm³/mol. The van der Waals surface area contributed by atoms with Crippen molar-refractivity contribution in [1.82, 2.24) is 15.0 Å². The summed E-state index contributed by atoms with van der Waals surface area (Å²) in [5.74, 6) is 1.86. The fraction of sp³-hybridized carbons (Fsp3) is 0. The number of nitriles is 1. The maximum Gasteiger partial charge on any atom is 0.164 e. The van der Waals surface area contributed by atoms with Crippen molar-refractivity contribution in [3.8, 4) is 62.5 Å². The maximum atomic E-state index is 9.37. The summed E-state index contributed by atoms with van der Waals surface area (Å²) < 4.78 is 6.28. The first-order valence-electron chi connectivity index (χ1n) is 14.7. The summed E-state index contributed by atoms with van der Waals surface area (Å²) >= 11 is 0. The molecule has 0 spiro atoms. The van der Waals surface area contributed by atoms with Crippen LogP contribution in [0.15, 0.2) is 150 Å². The zero-order valence-electron chi connectivity index (χ0n) is 24.1. The van der Waals surface area contributed by atoms with E-state index in [9.17, 15) is 5.26 Å². The third-order valence-electron chi connectivity index (χ3n) is 8.00. The van der Waals surface area contributed by atoms with Crippen LogP contribution in [0.2, 0.25) is 0 Å². The molecule has 0 amide bonds. The van der Waals surface area contributed by atoms with Gasteiger partial charge in [-0.2, -0.15) is 5.26 Å². The van der Waals surface area contributed by atoms with E-state index in [1.165, 1.54) is 0 Å². The number of hydrogen-bond donors (Lipinski definition) is 0. The standard InChI is InChI=1S/C40H24N4O/c41-25-26-15-17-27(18-16-26)32-23-24-35-37(33-13-7-8-14-34(33)45-35)36(32)28-19-21-31(22-20-28)40-43-38(29-9-3-1-4-10-29)42-39(44-40)30-11-5-2-6-12-30/h1-24H. The van der Waals surface area contributed by atoms with Gasteiger partial charge >= 0.3 is 0 Å². The van der Waals surface area contributed by atoms with Crippen molar-refractivity contribution < 1.29 is 4.42 Å². The molecule has 0 aliphatic carbocycles. The Kier molecular flexibility index (Phi) is 6.44. The van der Waals surface area contributed by atoms with Crippen LogP contribution in [0.5, 0.6) is 0 Å². The van der Waals surface area contributed by atoms with Crippen LogP contribution >= 0.6 is 0 Å². The highest BCUT2D eigenvalue weighted by Gasteiger charge is 2.18. The van der Waals surface area contributed by atoms with Crippen LogP contribution in [-0.2, 0) is 0 Å². The number of fused-ring (bicyclic) bond motifs is 3. The fourth-order valence-corrected chi connectivity index (χ4v) is 5.81. The second-order valence-corrected chi connectivity index (χ2v) is 10.8. The molecule has 210 valence electrons. The van der Waals surface area contributed by atoms with Crippen molar-refractivity contribution in [3.63, 3.8) is 0 Å². The van der Waals surface area contributed by atoms with E-state index in [0.29, 0.717) is 23.0 Å². The van der Waals surface area contributed by atoms with Gasteiger partial charge in [-0.05, 0) is 41.0 Å². The number of rotatable bonds is 5. The first-order chi connectivity index (χ1) is 22.2. The highest BCUT2D eigenvalue weighted by Crippen LogP contribution is 2.43. The van der Waals surface area contributed by atoms with Crippen LogP contribution in [0.25, 0.3) is 78.4 Å². The van der Waals surface area contributed by atoms with Crippen molar-refractivity contribution in [3.05, 3.63) is 151 Å². The molecule has 0 saturated carbocycles. The quantitative estimate of drug-likeness (QED) is 0.204. The summed E-state index contributed by atoms with van der Waals surface area (Å²) in [6.07, 6.45) is 0. The van der Waals surface area contributed by atoms with Crippen LogP contribution in [-0.4, -0.2) is 15.0 Å². The Morgan fingerprint density at radius 3 is 1.56 bits per heavy atom. The number of para-hydroxylation sites is 1. The molecule has 0 fully saturated rings. The molecule has 0 aliphatic heterocycles. The number of furan rings is 1. The average Bonchev–Trinajstić information content (AvgIpc) is 3.51. The minimum Gasteiger partial charge on any atom is -0.456 e. The van der Waals surface area contributed by atoms with E-state index in [2.05, 4.69) is 42.5 Å². The Labute approximate surface area is 259 Å². The van der Waals surface area contributed by atoms with E-state index in [1.54, 1.807) is 0 Å².